The van der Waals surface area contributed by atoms with Crippen LogP contribution < -0.4 is 0 Å². The molecule has 1 saturated heterocycles. The van der Waals surface area contributed by atoms with E-state index in [0.29, 0.717) is 10.8 Å². The van der Waals surface area contributed by atoms with Gasteiger partial charge in [0.2, 0.25) is 0 Å². The summed E-state index contributed by atoms with van der Waals surface area (Å²) in [6, 6.07) is 1.91. The maximum Gasteiger partial charge on any atom is 0.252 e. The predicted octanol–water partition coefficient (Wildman–Crippen LogP) is 4.15. The normalized spacial score (nSPS) is 21.7. The van der Waals surface area contributed by atoms with E-state index < -0.39 is 10.0 Å². The molecule has 1 atom stereocenters. The zero-order valence-electron chi connectivity index (χ0n) is 10.7. The van der Waals surface area contributed by atoms with Gasteiger partial charge in [-0.15, -0.1) is 11.3 Å². The second-order valence-electron chi connectivity index (χ2n) is 4.77. The number of thiophene rings is 1. The minimum absolute atomic E-state index is 0.138. The van der Waals surface area contributed by atoms with E-state index in [0.717, 1.165) is 40.4 Å². The smallest absolute Gasteiger partial charge is 0.206 e. The summed E-state index contributed by atoms with van der Waals surface area (Å²) in [6.07, 6.45) is 3.93. The van der Waals surface area contributed by atoms with Gasteiger partial charge in [-0.3, -0.25) is 0 Å². The average molecular weight is 431 g/mol. The Kier molecular flexibility index (Phi) is 5.50. The second kappa shape index (κ2) is 6.56. The second-order valence-corrected chi connectivity index (χ2v) is 10.0. The van der Waals surface area contributed by atoms with E-state index in [-0.39, 0.29) is 6.04 Å². The number of hydrogen-bond acceptors (Lipinski definition) is 3. The molecule has 7 heteroatoms. The number of nitrogens with zero attached hydrogens (tertiary/aromatic N) is 1. The van der Waals surface area contributed by atoms with Crippen molar-refractivity contribution >= 4 is 53.2 Å². The molecule has 0 radical (unpaired) electrons. The fourth-order valence-electron chi connectivity index (χ4n) is 2.38. The summed E-state index contributed by atoms with van der Waals surface area (Å²) in [5.74, 6) is 0. The molecule has 0 bridgehead atoms. The van der Waals surface area contributed by atoms with Crippen molar-refractivity contribution in [3.63, 3.8) is 0 Å². The van der Waals surface area contributed by atoms with Crippen molar-refractivity contribution in [3.8, 4) is 0 Å². The quantitative estimate of drug-likeness (QED) is 0.672. The van der Waals surface area contributed by atoms with Crippen LogP contribution in [0.5, 0.6) is 0 Å². The molecular formula is C12H17Br2NO2S2. The lowest BCUT2D eigenvalue weighted by atomic mass is 10.0. The highest BCUT2D eigenvalue weighted by Gasteiger charge is 2.34. The molecular weight excluding hydrogens is 414 g/mol. The van der Waals surface area contributed by atoms with E-state index in [1.54, 1.807) is 10.4 Å². The van der Waals surface area contributed by atoms with Crippen LogP contribution in [0.4, 0.5) is 0 Å². The lowest BCUT2D eigenvalue weighted by molar-refractivity contribution is 0.248. The molecule has 0 amide bonds. The summed E-state index contributed by atoms with van der Waals surface area (Å²) in [7, 11) is -3.33. The number of halogens is 2. The number of alkyl halides is 1. The maximum absolute atomic E-state index is 12.7. The zero-order chi connectivity index (χ0) is 14.0. The van der Waals surface area contributed by atoms with Crippen molar-refractivity contribution in [1.29, 1.82) is 0 Å². The Bertz CT molecular complexity index is 520. The van der Waals surface area contributed by atoms with E-state index in [4.69, 9.17) is 0 Å². The van der Waals surface area contributed by atoms with Gasteiger partial charge in [0.05, 0.1) is 3.79 Å². The maximum atomic E-state index is 12.7. The molecule has 0 spiro atoms. The minimum atomic E-state index is -3.33. The van der Waals surface area contributed by atoms with Crippen molar-refractivity contribution in [1.82, 2.24) is 4.31 Å². The van der Waals surface area contributed by atoms with Gasteiger partial charge >= 0.3 is 0 Å². The van der Waals surface area contributed by atoms with E-state index in [2.05, 4.69) is 31.9 Å². The monoisotopic (exact) mass is 429 g/mol. The van der Waals surface area contributed by atoms with E-state index >= 15 is 0 Å². The molecule has 1 aromatic rings. The molecule has 2 heterocycles. The summed E-state index contributed by atoms with van der Waals surface area (Å²) >= 11 is 8.14. The van der Waals surface area contributed by atoms with Crippen LogP contribution in [0.15, 0.2) is 14.1 Å². The third-order valence-corrected chi connectivity index (χ3v) is 8.41. The molecule has 1 unspecified atom stereocenters. The van der Waals surface area contributed by atoms with Crippen LogP contribution in [-0.4, -0.2) is 30.6 Å². The SMILES string of the molecule is Cc1cc(S(=O)(=O)N2CCCCC2CCBr)sc1Br. The summed E-state index contributed by atoms with van der Waals surface area (Å²) in [5, 5.41) is 0.844. The first-order valence-corrected chi connectivity index (χ1v) is 10.5. The van der Waals surface area contributed by atoms with E-state index in [1.165, 1.54) is 11.3 Å². The van der Waals surface area contributed by atoms with Crippen LogP contribution in [0.2, 0.25) is 0 Å². The zero-order valence-corrected chi connectivity index (χ0v) is 15.5. The fourth-order valence-corrected chi connectivity index (χ4v) is 6.99. The summed E-state index contributed by atoms with van der Waals surface area (Å²) in [6.45, 7) is 2.57. The fraction of sp³-hybridized carbons (Fsp3) is 0.667. The van der Waals surface area contributed by atoms with Gasteiger partial charge in [0, 0.05) is 17.9 Å². The number of aryl methyl sites for hydroxylation is 1. The summed E-state index contributed by atoms with van der Waals surface area (Å²) in [5.41, 5.74) is 0.984. The highest BCUT2D eigenvalue weighted by molar-refractivity contribution is 9.11. The molecule has 0 aromatic carbocycles. The van der Waals surface area contributed by atoms with Gasteiger partial charge in [-0.1, -0.05) is 22.4 Å². The number of hydrogen-bond donors (Lipinski definition) is 0. The molecule has 0 aliphatic carbocycles. The molecule has 1 aliphatic heterocycles. The summed E-state index contributed by atoms with van der Waals surface area (Å²) in [4.78, 5) is 0. The van der Waals surface area contributed by atoms with Crippen LogP contribution >= 0.6 is 43.2 Å². The molecule has 1 aromatic heterocycles. The van der Waals surface area contributed by atoms with Crippen molar-refractivity contribution in [3.05, 3.63) is 15.4 Å². The first-order chi connectivity index (χ1) is 8.96. The van der Waals surface area contributed by atoms with Crippen molar-refractivity contribution < 1.29 is 8.42 Å². The largest absolute Gasteiger partial charge is 0.252 e. The van der Waals surface area contributed by atoms with Crippen molar-refractivity contribution in [2.45, 2.75) is 42.9 Å². The Morgan fingerprint density at radius 1 is 1.47 bits per heavy atom. The molecule has 2 rings (SSSR count). The first kappa shape index (κ1) is 15.9. The van der Waals surface area contributed by atoms with Crippen molar-refractivity contribution in [2.24, 2.45) is 0 Å². The third kappa shape index (κ3) is 3.43. The van der Waals surface area contributed by atoms with E-state index in [1.807, 2.05) is 6.92 Å². The highest BCUT2D eigenvalue weighted by atomic mass is 79.9. The van der Waals surface area contributed by atoms with Gasteiger partial charge in [0.1, 0.15) is 4.21 Å². The third-order valence-electron chi connectivity index (χ3n) is 3.41. The Morgan fingerprint density at radius 3 is 2.79 bits per heavy atom. The van der Waals surface area contributed by atoms with E-state index in [9.17, 15) is 8.42 Å². The molecule has 0 N–H and O–H groups in total. The van der Waals surface area contributed by atoms with Crippen LogP contribution in [0.25, 0.3) is 0 Å². The number of piperidine rings is 1. The minimum Gasteiger partial charge on any atom is -0.206 e. The van der Waals surface area contributed by atoms with Gasteiger partial charge < -0.3 is 0 Å². The molecule has 19 heavy (non-hydrogen) atoms. The highest BCUT2D eigenvalue weighted by Crippen LogP contribution is 2.35. The Labute approximate surface area is 135 Å². The lowest BCUT2D eigenvalue weighted by Crippen LogP contribution is -2.43. The molecule has 108 valence electrons. The Balaban J connectivity index is 2.31. The standard InChI is InChI=1S/C12H17Br2NO2S2/c1-9-8-11(18-12(9)14)19(16,17)15-7-3-2-4-10(15)5-6-13/h8,10H,2-7H2,1H3. The predicted molar refractivity (Wildman–Crippen MR) is 86.7 cm³/mol. The van der Waals surface area contributed by atoms with Crippen molar-refractivity contribution in [2.75, 3.05) is 11.9 Å². The molecule has 0 saturated carbocycles. The first-order valence-electron chi connectivity index (χ1n) is 6.30. The number of rotatable bonds is 4. The van der Waals surface area contributed by atoms with Gasteiger partial charge in [-0.25, -0.2) is 8.42 Å². The average Bonchev–Trinajstić information content (AvgIpc) is 2.71. The topological polar surface area (TPSA) is 37.4 Å². The van der Waals surface area contributed by atoms with Gasteiger partial charge in [-0.05, 0) is 53.7 Å². The summed E-state index contributed by atoms with van der Waals surface area (Å²) < 4.78 is 28.5. The van der Waals surface area contributed by atoms with Crippen LogP contribution in [-0.2, 0) is 10.0 Å². The number of sulfonamides is 1. The molecule has 3 nitrogen and oxygen atoms in total. The van der Waals surface area contributed by atoms with Crippen LogP contribution in [0.1, 0.15) is 31.2 Å². The van der Waals surface area contributed by atoms with Gasteiger partial charge in [0.15, 0.2) is 0 Å². The Hall–Kier alpha value is 0.570. The lowest BCUT2D eigenvalue weighted by Gasteiger charge is -2.34. The van der Waals surface area contributed by atoms with Gasteiger partial charge in [-0.2, -0.15) is 4.31 Å². The van der Waals surface area contributed by atoms with Crippen LogP contribution in [0.3, 0.4) is 0 Å². The van der Waals surface area contributed by atoms with Crippen LogP contribution in [0, 0.1) is 6.92 Å². The van der Waals surface area contributed by atoms with Gasteiger partial charge in [0.25, 0.3) is 10.0 Å². The Morgan fingerprint density at radius 2 is 2.21 bits per heavy atom. The molecule has 1 aliphatic rings. The molecule has 1 fully saturated rings.